The molecule has 0 aliphatic rings. The van der Waals surface area contributed by atoms with Gasteiger partial charge in [0.05, 0.1) is 5.69 Å². The Kier molecular flexibility index (Phi) is 4.19. The molecular weight excluding hydrogens is 228 g/mol. The van der Waals surface area contributed by atoms with Crippen molar-refractivity contribution in [3.05, 3.63) is 40.7 Å². The van der Waals surface area contributed by atoms with E-state index in [1.54, 1.807) is 24.3 Å². The van der Waals surface area contributed by atoms with E-state index < -0.39 is 0 Å². The van der Waals surface area contributed by atoms with Gasteiger partial charge in [-0.25, -0.2) is 0 Å². The topological polar surface area (TPSA) is 62.0 Å². The van der Waals surface area contributed by atoms with Crippen molar-refractivity contribution in [1.82, 2.24) is 0 Å². The minimum atomic E-state index is -0.342. The number of benzene rings is 1. The first-order chi connectivity index (χ1) is 7.50. The highest BCUT2D eigenvalue weighted by Gasteiger charge is 2.06. The number of halogens is 1. The van der Waals surface area contributed by atoms with Crippen LogP contribution in [0.4, 0.5) is 5.69 Å². The van der Waals surface area contributed by atoms with Crippen molar-refractivity contribution < 1.29 is 9.90 Å². The highest BCUT2D eigenvalue weighted by molar-refractivity contribution is 6.30. The second kappa shape index (κ2) is 5.42. The number of carbonyl (C=O) groups is 1. The van der Waals surface area contributed by atoms with Crippen LogP contribution in [0.5, 0.6) is 0 Å². The van der Waals surface area contributed by atoms with Gasteiger partial charge in [0.2, 0.25) is 0 Å². The number of hydrogen-bond acceptors (Lipinski definition) is 4. The van der Waals surface area contributed by atoms with Gasteiger partial charge in [-0.3, -0.25) is 4.79 Å². The van der Waals surface area contributed by atoms with Gasteiger partial charge >= 0.3 is 0 Å². The van der Waals surface area contributed by atoms with E-state index in [0.29, 0.717) is 10.7 Å². The Bertz CT molecular complexity index is 463. The number of ketones is 1. The zero-order chi connectivity index (χ0) is 12.1. The zero-order valence-corrected chi connectivity index (χ0v) is 9.69. The molecule has 0 aliphatic heterocycles. The number of aliphatic hydroxyl groups is 1. The summed E-state index contributed by atoms with van der Waals surface area (Å²) in [6.45, 7) is 2.69. The molecule has 0 bridgehead atoms. The molecule has 0 amide bonds. The monoisotopic (exact) mass is 238 g/mol. The second-order valence-electron chi connectivity index (χ2n) is 3.17. The molecule has 1 N–H and O–H groups in total. The van der Waals surface area contributed by atoms with E-state index in [-0.39, 0.29) is 17.2 Å². The maximum Gasteiger partial charge on any atom is 0.183 e. The number of Topliss-reactive ketones (excluding diaryl/α,β-unsaturated/α-hetero) is 1. The lowest BCUT2D eigenvalue weighted by molar-refractivity contribution is -0.113. The molecule has 0 spiro atoms. The first-order valence-corrected chi connectivity index (χ1v) is 4.96. The molecule has 0 unspecified atom stereocenters. The molecule has 0 aliphatic carbocycles. The molecule has 0 saturated carbocycles. The van der Waals surface area contributed by atoms with Crippen molar-refractivity contribution >= 4 is 23.1 Å². The Labute approximate surface area is 98.3 Å². The average Bonchev–Trinajstić information content (AvgIpc) is 2.16. The van der Waals surface area contributed by atoms with Crippen LogP contribution in [0.3, 0.4) is 0 Å². The fraction of sp³-hybridized carbons (Fsp3) is 0.182. The number of hydrogen-bond donors (Lipinski definition) is 1. The van der Waals surface area contributed by atoms with Crippen molar-refractivity contribution in [3.8, 4) is 0 Å². The lowest BCUT2D eigenvalue weighted by Gasteiger charge is -1.97. The summed E-state index contributed by atoms with van der Waals surface area (Å²) in [4.78, 5) is 11.1. The Hall–Kier alpha value is -1.68. The largest absolute Gasteiger partial charge is 0.510 e. The number of azo groups is 1. The van der Waals surface area contributed by atoms with Gasteiger partial charge in [-0.2, -0.15) is 5.11 Å². The third kappa shape index (κ3) is 3.47. The first-order valence-electron chi connectivity index (χ1n) is 4.59. The average molecular weight is 239 g/mol. The molecule has 1 aromatic rings. The van der Waals surface area contributed by atoms with Crippen LogP contribution >= 0.6 is 11.6 Å². The SMILES string of the molecule is CC(=O)/C(N=Nc1cccc(Cl)c1)=C(\C)O. The molecule has 5 heteroatoms. The van der Waals surface area contributed by atoms with Crippen molar-refractivity contribution in [2.75, 3.05) is 0 Å². The summed E-state index contributed by atoms with van der Waals surface area (Å²) in [5.74, 6) is -0.496. The first kappa shape index (κ1) is 12.4. The molecule has 1 aromatic carbocycles. The lowest BCUT2D eigenvalue weighted by atomic mass is 10.3. The van der Waals surface area contributed by atoms with E-state index in [1.807, 2.05) is 0 Å². The van der Waals surface area contributed by atoms with Crippen molar-refractivity contribution in [3.63, 3.8) is 0 Å². The molecule has 0 saturated heterocycles. The molecule has 0 radical (unpaired) electrons. The van der Waals surface area contributed by atoms with Gasteiger partial charge in [0.1, 0.15) is 5.76 Å². The maximum absolute atomic E-state index is 11.1. The highest BCUT2D eigenvalue weighted by atomic mass is 35.5. The fourth-order valence-electron chi connectivity index (χ4n) is 1.04. The van der Waals surface area contributed by atoms with Crippen LogP contribution in [0.1, 0.15) is 13.8 Å². The summed E-state index contributed by atoms with van der Waals surface area (Å²) >= 11 is 5.76. The predicted molar refractivity (Wildman–Crippen MR) is 62.0 cm³/mol. The Morgan fingerprint density at radius 2 is 2.06 bits per heavy atom. The van der Waals surface area contributed by atoms with Crippen LogP contribution < -0.4 is 0 Å². The molecule has 4 nitrogen and oxygen atoms in total. The van der Waals surface area contributed by atoms with Crippen LogP contribution in [-0.4, -0.2) is 10.9 Å². The van der Waals surface area contributed by atoms with Crippen molar-refractivity contribution in [2.45, 2.75) is 13.8 Å². The van der Waals surface area contributed by atoms with Gasteiger partial charge in [-0.15, -0.1) is 5.11 Å². The minimum absolute atomic E-state index is 0.0556. The number of nitrogens with zero attached hydrogens (tertiary/aromatic N) is 2. The molecular formula is C11H11ClN2O2. The Morgan fingerprint density at radius 3 is 2.56 bits per heavy atom. The van der Waals surface area contributed by atoms with E-state index >= 15 is 0 Å². The smallest absolute Gasteiger partial charge is 0.183 e. The molecule has 0 fully saturated rings. The molecule has 1 rings (SSSR count). The van der Waals surface area contributed by atoms with E-state index in [1.165, 1.54) is 13.8 Å². The van der Waals surface area contributed by atoms with Gasteiger partial charge in [0.25, 0.3) is 0 Å². The Morgan fingerprint density at radius 1 is 1.38 bits per heavy atom. The van der Waals surface area contributed by atoms with Crippen LogP contribution in [0.2, 0.25) is 5.02 Å². The summed E-state index contributed by atoms with van der Waals surface area (Å²) in [6, 6.07) is 6.73. The second-order valence-corrected chi connectivity index (χ2v) is 3.61. The van der Waals surface area contributed by atoms with Crippen LogP contribution in [-0.2, 0) is 4.79 Å². The van der Waals surface area contributed by atoms with E-state index in [9.17, 15) is 9.90 Å². The lowest BCUT2D eigenvalue weighted by Crippen LogP contribution is -1.96. The molecule has 0 aromatic heterocycles. The number of aliphatic hydroxyl groups excluding tert-OH is 1. The van der Waals surface area contributed by atoms with Gasteiger partial charge in [-0.1, -0.05) is 17.7 Å². The number of carbonyl (C=O) groups excluding carboxylic acids is 1. The quantitative estimate of drug-likeness (QED) is 0.495. The van der Waals surface area contributed by atoms with Gasteiger partial charge in [0, 0.05) is 11.9 Å². The summed E-state index contributed by atoms with van der Waals surface area (Å²) < 4.78 is 0. The van der Waals surface area contributed by atoms with Crippen LogP contribution in [0.15, 0.2) is 46.0 Å². The number of rotatable bonds is 3. The normalized spacial score (nSPS) is 12.7. The minimum Gasteiger partial charge on any atom is -0.510 e. The summed E-state index contributed by atoms with van der Waals surface area (Å²) in [7, 11) is 0. The van der Waals surface area contributed by atoms with Gasteiger partial charge in [-0.05, 0) is 25.1 Å². The van der Waals surface area contributed by atoms with Gasteiger partial charge < -0.3 is 5.11 Å². The summed E-state index contributed by atoms with van der Waals surface area (Å²) in [5, 5.41) is 17.2. The molecule has 16 heavy (non-hydrogen) atoms. The van der Waals surface area contributed by atoms with Crippen LogP contribution in [0.25, 0.3) is 0 Å². The molecule has 0 heterocycles. The standard InChI is InChI=1S/C11H11ClN2O2/c1-7(15)11(8(2)16)14-13-10-5-3-4-9(12)6-10/h3-6,15H,1-2H3/b11-7-,14-13?. The van der Waals surface area contributed by atoms with Crippen LogP contribution in [0, 0.1) is 0 Å². The molecule has 0 atom stereocenters. The summed E-state index contributed by atoms with van der Waals surface area (Å²) in [5.41, 5.74) is 0.465. The Balaban J connectivity index is 2.96. The molecule has 84 valence electrons. The summed E-state index contributed by atoms with van der Waals surface area (Å²) in [6.07, 6.45) is 0. The van der Waals surface area contributed by atoms with E-state index in [2.05, 4.69) is 10.2 Å². The third-order valence-corrected chi connectivity index (χ3v) is 1.98. The van der Waals surface area contributed by atoms with E-state index in [0.717, 1.165) is 0 Å². The maximum atomic E-state index is 11.1. The van der Waals surface area contributed by atoms with Crippen molar-refractivity contribution in [1.29, 1.82) is 0 Å². The van der Waals surface area contributed by atoms with E-state index in [4.69, 9.17) is 11.6 Å². The third-order valence-electron chi connectivity index (χ3n) is 1.75. The number of allylic oxidation sites excluding steroid dienone is 2. The fourth-order valence-corrected chi connectivity index (χ4v) is 1.23. The van der Waals surface area contributed by atoms with Crippen molar-refractivity contribution in [2.24, 2.45) is 10.2 Å². The predicted octanol–water partition coefficient (Wildman–Crippen LogP) is 3.80. The van der Waals surface area contributed by atoms with Gasteiger partial charge in [0.15, 0.2) is 11.5 Å². The highest BCUT2D eigenvalue weighted by Crippen LogP contribution is 2.19. The zero-order valence-electron chi connectivity index (χ0n) is 8.94.